The number of nitrogen functional groups attached to an aromatic ring is 1. The van der Waals surface area contributed by atoms with Crippen molar-refractivity contribution in [3.8, 4) is 0 Å². The van der Waals surface area contributed by atoms with Crippen molar-refractivity contribution in [3.05, 3.63) is 23.8 Å². The zero-order chi connectivity index (χ0) is 12.3. The summed E-state index contributed by atoms with van der Waals surface area (Å²) in [4.78, 5) is 10.8. The van der Waals surface area contributed by atoms with Crippen LogP contribution in [0.4, 0.5) is 11.4 Å². The summed E-state index contributed by atoms with van der Waals surface area (Å²) >= 11 is 0. The highest BCUT2D eigenvalue weighted by Crippen LogP contribution is 2.29. The molecular formula is C13H18N2O2. The number of anilines is 2. The highest BCUT2D eigenvalue weighted by Gasteiger charge is 2.16. The van der Waals surface area contributed by atoms with Gasteiger partial charge >= 0.3 is 5.97 Å². The number of carbonyl (C=O) groups is 1. The topological polar surface area (TPSA) is 75.4 Å². The molecule has 0 unspecified atom stereocenters. The van der Waals surface area contributed by atoms with Crippen LogP contribution in [0.1, 0.15) is 36.0 Å². The van der Waals surface area contributed by atoms with Crippen molar-refractivity contribution in [2.75, 3.05) is 17.6 Å². The largest absolute Gasteiger partial charge is 0.478 e. The van der Waals surface area contributed by atoms with E-state index in [2.05, 4.69) is 5.32 Å². The highest BCUT2D eigenvalue weighted by molar-refractivity contribution is 5.90. The number of carboxylic acid groups (broad SMARTS) is 1. The maximum absolute atomic E-state index is 10.8. The standard InChI is InChI=1S/C13H18N2O2/c14-11-5-4-10(13(16)17)8-12(11)15-7-6-9-2-1-3-9/h4-5,8-9,15H,1-3,6-7,14H2,(H,16,17). The molecule has 1 saturated carbocycles. The molecule has 1 aromatic carbocycles. The molecule has 1 aliphatic rings. The molecule has 1 aromatic rings. The van der Waals surface area contributed by atoms with Crippen LogP contribution < -0.4 is 11.1 Å². The average Bonchev–Trinajstić information content (AvgIpc) is 2.23. The third-order valence-electron chi connectivity index (χ3n) is 3.39. The second kappa shape index (κ2) is 5.08. The van der Waals surface area contributed by atoms with E-state index in [4.69, 9.17) is 10.8 Å². The first-order valence-electron chi connectivity index (χ1n) is 6.03. The van der Waals surface area contributed by atoms with Gasteiger partial charge in [-0.3, -0.25) is 0 Å². The Morgan fingerprint density at radius 3 is 2.82 bits per heavy atom. The SMILES string of the molecule is Nc1ccc(C(=O)O)cc1NCCC1CCC1. The molecule has 0 saturated heterocycles. The number of nitrogens with two attached hydrogens (primary N) is 1. The van der Waals surface area contributed by atoms with Crippen molar-refractivity contribution < 1.29 is 9.90 Å². The number of hydrogen-bond donors (Lipinski definition) is 3. The van der Waals surface area contributed by atoms with Gasteiger partial charge in [0.25, 0.3) is 0 Å². The van der Waals surface area contributed by atoms with Crippen LogP contribution in [0.3, 0.4) is 0 Å². The van der Waals surface area contributed by atoms with Gasteiger partial charge in [-0.1, -0.05) is 19.3 Å². The van der Waals surface area contributed by atoms with Gasteiger partial charge in [-0.05, 0) is 30.5 Å². The zero-order valence-electron chi connectivity index (χ0n) is 9.78. The Balaban J connectivity index is 1.93. The molecule has 0 heterocycles. The molecule has 0 radical (unpaired) electrons. The van der Waals surface area contributed by atoms with Crippen molar-refractivity contribution in [2.45, 2.75) is 25.7 Å². The molecular weight excluding hydrogens is 216 g/mol. The van der Waals surface area contributed by atoms with Crippen molar-refractivity contribution in [1.82, 2.24) is 0 Å². The molecule has 1 aliphatic carbocycles. The van der Waals surface area contributed by atoms with Gasteiger partial charge in [-0.15, -0.1) is 0 Å². The summed E-state index contributed by atoms with van der Waals surface area (Å²) in [5.41, 5.74) is 7.39. The molecule has 0 atom stereocenters. The first-order chi connectivity index (χ1) is 8.16. The first kappa shape index (κ1) is 11.8. The number of rotatable bonds is 5. The Labute approximate surface area is 101 Å². The fourth-order valence-corrected chi connectivity index (χ4v) is 2.03. The normalized spacial score (nSPS) is 15.3. The summed E-state index contributed by atoms with van der Waals surface area (Å²) < 4.78 is 0. The van der Waals surface area contributed by atoms with Crippen LogP contribution in [0.5, 0.6) is 0 Å². The number of aromatic carboxylic acids is 1. The maximum Gasteiger partial charge on any atom is 0.335 e. The van der Waals surface area contributed by atoms with Crippen LogP contribution in [0, 0.1) is 5.92 Å². The molecule has 4 heteroatoms. The predicted molar refractivity (Wildman–Crippen MR) is 68.3 cm³/mol. The van der Waals surface area contributed by atoms with E-state index in [-0.39, 0.29) is 5.56 Å². The zero-order valence-corrected chi connectivity index (χ0v) is 9.78. The van der Waals surface area contributed by atoms with Gasteiger partial charge in [0.1, 0.15) is 0 Å². The minimum atomic E-state index is -0.924. The van der Waals surface area contributed by atoms with E-state index in [0.717, 1.165) is 24.6 Å². The quantitative estimate of drug-likeness (QED) is 0.684. The van der Waals surface area contributed by atoms with Crippen molar-refractivity contribution in [3.63, 3.8) is 0 Å². The van der Waals surface area contributed by atoms with Crippen molar-refractivity contribution in [2.24, 2.45) is 5.92 Å². The van der Waals surface area contributed by atoms with E-state index in [1.165, 1.54) is 25.3 Å². The number of carboxylic acids is 1. The van der Waals surface area contributed by atoms with E-state index < -0.39 is 5.97 Å². The lowest BCUT2D eigenvalue weighted by Gasteiger charge is -2.25. The Bertz CT molecular complexity index is 414. The molecule has 0 aromatic heterocycles. The predicted octanol–water partition coefficient (Wildman–Crippen LogP) is 2.57. The van der Waals surface area contributed by atoms with Crippen molar-refractivity contribution in [1.29, 1.82) is 0 Å². The van der Waals surface area contributed by atoms with E-state index in [0.29, 0.717) is 5.69 Å². The Morgan fingerprint density at radius 1 is 1.47 bits per heavy atom. The van der Waals surface area contributed by atoms with Crippen LogP contribution >= 0.6 is 0 Å². The van der Waals surface area contributed by atoms with Crippen LogP contribution in [-0.4, -0.2) is 17.6 Å². The molecule has 1 fully saturated rings. The molecule has 4 N–H and O–H groups in total. The summed E-state index contributed by atoms with van der Waals surface area (Å²) in [5.74, 6) is -0.0848. The molecule has 17 heavy (non-hydrogen) atoms. The number of nitrogens with one attached hydrogen (secondary N) is 1. The van der Waals surface area contributed by atoms with Crippen LogP contribution in [0.25, 0.3) is 0 Å². The van der Waals surface area contributed by atoms with Crippen LogP contribution in [0.2, 0.25) is 0 Å². The van der Waals surface area contributed by atoms with Crippen LogP contribution in [-0.2, 0) is 0 Å². The van der Waals surface area contributed by atoms with Gasteiger partial charge in [0.15, 0.2) is 0 Å². The third kappa shape index (κ3) is 2.90. The van der Waals surface area contributed by atoms with E-state index >= 15 is 0 Å². The smallest absolute Gasteiger partial charge is 0.335 e. The van der Waals surface area contributed by atoms with E-state index in [1.807, 2.05) is 0 Å². The lowest BCUT2D eigenvalue weighted by Crippen LogP contribution is -2.16. The molecule has 0 spiro atoms. The molecule has 0 bridgehead atoms. The van der Waals surface area contributed by atoms with Gasteiger partial charge < -0.3 is 16.2 Å². The van der Waals surface area contributed by atoms with Gasteiger partial charge in [0, 0.05) is 6.54 Å². The molecule has 2 rings (SSSR count). The average molecular weight is 234 g/mol. The lowest BCUT2D eigenvalue weighted by atomic mass is 9.83. The van der Waals surface area contributed by atoms with Crippen molar-refractivity contribution >= 4 is 17.3 Å². The monoisotopic (exact) mass is 234 g/mol. The molecule has 0 aliphatic heterocycles. The van der Waals surface area contributed by atoms with E-state index in [1.54, 1.807) is 12.1 Å². The van der Waals surface area contributed by atoms with Gasteiger partial charge in [-0.2, -0.15) is 0 Å². The third-order valence-corrected chi connectivity index (χ3v) is 3.39. The lowest BCUT2D eigenvalue weighted by molar-refractivity contribution is 0.0697. The second-order valence-electron chi connectivity index (χ2n) is 4.62. The summed E-state index contributed by atoms with van der Waals surface area (Å²) in [6.45, 7) is 0.859. The van der Waals surface area contributed by atoms with E-state index in [9.17, 15) is 4.79 Å². The summed E-state index contributed by atoms with van der Waals surface area (Å²) in [6, 6.07) is 4.75. The molecule has 92 valence electrons. The number of hydrogen-bond acceptors (Lipinski definition) is 3. The molecule has 0 amide bonds. The maximum atomic E-state index is 10.8. The summed E-state index contributed by atoms with van der Waals surface area (Å²) in [5, 5.41) is 12.1. The fourth-order valence-electron chi connectivity index (χ4n) is 2.03. The number of benzene rings is 1. The Hall–Kier alpha value is -1.71. The molecule has 4 nitrogen and oxygen atoms in total. The summed E-state index contributed by atoms with van der Waals surface area (Å²) in [6.07, 6.45) is 5.14. The van der Waals surface area contributed by atoms with Gasteiger partial charge in [0.05, 0.1) is 16.9 Å². The second-order valence-corrected chi connectivity index (χ2v) is 4.62. The first-order valence-corrected chi connectivity index (χ1v) is 6.03. The summed E-state index contributed by atoms with van der Waals surface area (Å²) in [7, 11) is 0. The minimum absolute atomic E-state index is 0.269. The Kier molecular flexibility index (Phi) is 3.52. The van der Waals surface area contributed by atoms with Gasteiger partial charge in [0.2, 0.25) is 0 Å². The minimum Gasteiger partial charge on any atom is -0.478 e. The Morgan fingerprint density at radius 2 is 2.24 bits per heavy atom. The van der Waals surface area contributed by atoms with Gasteiger partial charge in [-0.25, -0.2) is 4.79 Å². The highest BCUT2D eigenvalue weighted by atomic mass is 16.4. The fraction of sp³-hybridized carbons (Fsp3) is 0.462. The van der Waals surface area contributed by atoms with Crippen LogP contribution in [0.15, 0.2) is 18.2 Å².